The van der Waals surface area contributed by atoms with Gasteiger partial charge in [0.05, 0.1) is 41.4 Å². The first-order valence-corrected chi connectivity index (χ1v) is 10.6. The van der Waals surface area contributed by atoms with Crippen molar-refractivity contribution in [3.05, 3.63) is 92.4 Å². The summed E-state index contributed by atoms with van der Waals surface area (Å²) in [5.41, 5.74) is 1.31. The number of ether oxygens (including phenoxy) is 1. The Morgan fingerprint density at radius 2 is 1.82 bits per heavy atom. The van der Waals surface area contributed by atoms with Crippen molar-refractivity contribution < 1.29 is 9.53 Å². The van der Waals surface area contributed by atoms with Gasteiger partial charge in [-0.15, -0.1) is 0 Å². The van der Waals surface area contributed by atoms with Gasteiger partial charge in [-0.05, 0) is 38.1 Å². The van der Waals surface area contributed by atoms with E-state index in [4.69, 9.17) is 4.74 Å². The van der Waals surface area contributed by atoms with Gasteiger partial charge in [0.2, 0.25) is 0 Å². The summed E-state index contributed by atoms with van der Waals surface area (Å²) in [6.45, 7) is 3.69. The van der Waals surface area contributed by atoms with Crippen LogP contribution in [0.1, 0.15) is 30.4 Å². The third-order valence-corrected chi connectivity index (χ3v) is 5.12. The van der Waals surface area contributed by atoms with Crippen molar-refractivity contribution in [2.45, 2.75) is 26.7 Å². The maximum atomic E-state index is 13.2. The zero-order chi connectivity index (χ0) is 23.4. The van der Waals surface area contributed by atoms with Gasteiger partial charge < -0.3 is 4.74 Å². The third-order valence-electron chi connectivity index (χ3n) is 5.12. The molecule has 0 amide bonds. The van der Waals surface area contributed by atoms with Gasteiger partial charge in [-0.3, -0.25) is 19.5 Å². The lowest BCUT2D eigenvalue weighted by molar-refractivity contribution is -0.143. The summed E-state index contributed by atoms with van der Waals surface area (Å²) in [6, 6.07) is 16.1. The predicted molar refractivity (Wildman–Crippen MR) is 125 cm³/mol. The number of benzene rings is 2. The van der Waals surface area contributed by atoms with E-state index in [1.54, 1.807) is 44.2 Å². The number of carbonyl (C=O) groups excluding carboxylic acids is 1. The van der Waals surface area contributed by atoms with Crippen LogP contribution in [0.15, 0.2) is 69.3 Å². The second kappa shape index (κ2) is 9.47. The van der Waals surface area contributed by atoms with E-state index in [1.807, 2.05) is 24.3 Å². The number of nitrogens with one attached hydrogen (secondary N) is 1. The van der Waals surface area contributed by atoms with Gasteiger partial charge in [0, 0.05) is 12.1 Å². The SMILES string of the molecule is CCOC(=O)CCc1[nH]n(-c2ccccc2)c(=O)c1/C=N/n1c(C)nc2ccccc2c1=O. The van der Waals surface area contributed by atoms with Crippen LogP contribution in [0.4, 0.5) is 0 Å². The van der Waals surface area contributed by atoms with E-state index in [1.165, 1.54) is 10.9 Å². The summed E-state index contributed by atoms with van der Waals surface area (Å²) in [4.78, 5) is 42.4. The molecule has 0 saturated carbocycles. The van der Waals surface area contributed by atoms with Crippen LogP contribution in [0.3, 0.4) is 0 Å². The van der Waals surface area contributed by atoms with E-state index in [0.29, 0.717) is 28.1 Å². The fraction of sp³-hybridized carbons (Fsp3) is 0.208. The summed E-state index contributed by atoms with van der Waals surface area (Å²) >= 11 is 0. The minimum atomic E-state index is -0.362. The molecule has 0 unspecified atom stereocenters. The van der Waals surface area contributed by atoms with Gasteiger partial charge in [-0.25, -0.2) is 9.67 Å². The van der Waals surface area contributed by atoms with Crippen molar-refractivity contribution in [3.63, 3.8) is 0 Å². The van der Waals surface area contributed by atoms with Gasteiger partial charge in [0.15, 0.2) is 0 Å². The highest BCUT2D eigenvalue weighted by Crippen LogP contribution is 2.10. The number of aromatic nitrogens is 4. The first kappa shape index (κ1) is 21.9. The quantitative estimate of drug-likeness (QED) is 0.347. The number of hydrogen-bond donors (Lipinski definition) is 1. The highest BCUT2D eigenvalue weighted by molar-refractivity contribution is 5.82. The predicted octanol–water partition coefficient (Wildman–Crippen LogP) is 2.56. The largest absolute Gasteiger partial charge is 0.466 e. The molecular formula is C24H23N5O4. The number of fused-ring (bicyclic) bond motifs is 1. The number of aryl methyl sites for hydroxylation is 2. The Labute approximate surface area is 189 Å². The van der Waals surface area contributed by atoms with Crippen molar-refractivity contribution in [1.82, 2.24) is 19.4 Å². The fourth-order valence-corrected chi connectivity index (χ4v) is 3.52. The lowest BCUT2D eigenvalue weighted by Crippen LogP contribution is -2.22. The van der Waals surface area contributed by atoms with E-state index < -0.39 is 0 Å². The minimum Gasteiger partial charge on any atom is -0.466 e. The van der Waals surface area contributed by atoms with Crippen LogP contribution in [0, 0.1) is 6.92 Å². The molecule has 0 aliphatic rings. The molecule has 33 heavy (non-hydrogen) atoms. The number of rotatable bonds is 7. The number of esters is 1. The van der Waals surface area contributed by atoms with Crippen molar-refractivity contribution in [2.24, 2.45) is 5.10 Å². The molecule has 0 saturated heterocycles. The lowest BCUT2D eigenvalue weighted by atomic mass is 10.1. The summed E-state index contributed by atoms with van der Waals surface area (Å²) in [6.07, 6.45) is 1.68. The van der Waals surface area contributed by atoms with E-state index >= 15 is 0 Å². The number of nitrogens with zero attached hydrogens (tertiary/aromatic N) is 4. The van der Waals surface area contributed by atoms with Gasteiger partial charge >= 0.3 is 5.97 Å². The summed E-state index contributed by atoms with van der Waals surface area (Å²) in [5, 5.41) is 7.78. The Morgan fingerprint density at radius 3 is 2.58 bits per heavy atom. The zero-order valence-corrected chi connectivity index (χ0v) is 18.3. The van der Waals surface area contributed by atoms with Crippen LogP contribution in [0.5, 0.6) is 0 Å². The number of hydrogen-bond acceptors (Lipinski definition) is 6. The maximum Gasteiger partial charge on any atom is 0.306 e. The first-order chi connectivity index (χ1) is 16.0. The third kappa shape index (κ3) is 4.52. The van der Waals surface area contributed by atoms with E-state index in [2.05, 4.69) is 15.2 Å². The van der Waals surface area contributed by atoms with Gasteiger partial charge in [-0.1, -0.05) is 30.3 Å². The van der Waals surface area contributed by atoms with Gasteiger partial charge in [0.25, 0.3) is 11.1 Å². The molecule has 9 nitrogen and oxygen atoms in total. The molecule has 0 atom stereocenters. The highest BCUT2D eigenvalue weighted by atomic mass is 16.5. The van der Waals surface area contributed by atoms with Crippen molar-refractivity contribution in [3.8, 4) is 5.69 Å². The van der Waals surface area contributed by atoms with Crippen molar-refractivity contribution in [2.75, 3.05) is 6.61 Å². The van der Waals surface area contributed by atoms with E-state index in [9.17, 15) is 14.4 Å². The van der Waals surface area contributed by atoms with Crippen molar-refractivity contribution >= 4 is 23.1 Å². The highest BCUT2D eigenvalue weighted by Gasteiger charge is 2.16. The molecule has 0 bridgehead atoms. The Morgan fingerprint density at radius 1 is 1.09 bits per heavy atom. The molecule has 4 aromatic rings. The lowest BCUT2D eigenvalue weighted by Gasteiger charge is -2.05. The smallest absolute Gasteiger partial charge is 0.306 e. The number of H-pyrrole nitrogens is 1. The minimum absolute atomic E-state index is 0.0972. The summed E-state index contributed by atoms with van der Waals surface area (Å²) in [5.74, 6) is 0.0291. The molecule has 4 rings (SSSR count). The van der Waals surface area contributed by atoms with E-state index in [-0.39, 0.29) is 42.1 Å². The molecule has 9 heteroatoms. The standard InChI is InChI=1S/C24H23N5O4/c1-3-33-22(30)14-13-21-19(24(32)29(27-21)17-9-5-4-6-10-17)15-25-28-16(2)26-20-12-8-7-11-18(20)23(28)31/h4-12,15,27H,3,13-14H2,1-2H3/b25-15+. The molecule has 0 aliphatic carbocycles. The maximum absolute atomic E-state index is 13.2. The molecule has 0 aliphatic heterocycles. The molecule has 2 heterocycles. The second-order valence-electron chi connectivity index (χ2n) is 7.32. The summed E-state index contributed by atoms with van der Waals surface area (Å²) < 4.78 is 7.55. The molecule has 2 aromatic heterocycles. The zero-order valence-electron chi connectivity index (χ0n) is 18.3. The Bertz CT molecular complexity index is 1450. The molecule has 0 spiro atoms. The van der Waals surface area contributed by atoms with Crippen LogP contribution >= 0.6 is 0 Å². The Balaban J connectivity index is 1.78. The van der Waals surface area contributed by atoms with Crippen LogP contribution in [-0.2, 0) is 16.0 Å². The molecule has 0 radical (unpaired) electrons. The molecule has 168 valence electrons. The molecule has 1 N–H and O–H groups in total. The molecule has 0 fully saturated rings. The number of aromatic amines is 1. The Kier molecular flexibility index (Phi) is 6.30. The van der Waals surface area contributed by atoms with Crippen LogP contribution in [-0.4, -0.2) is 38.2 Å². The topological polar surface area (TPSA) is 111 Å². The van der Waals surface area contributed by atoms with Crippen LogP contribution < -0.4 is 11.1 Å². The van der Waals surface area contributed by atoms with Crippen molar-refractivity contribution in [1.29, 1.82) is 0 Å². The second-order valence-corrected chi connectivity index (χ2v) is 7.32. The molecular weight excluding hydrogens is 422 g/mol. The average molecular weight is 445 g/mol. The van der Waals surface area contributed by atoms with Gasteiger partial charge in [0.1, 0.15) is 5.82 Å². The number of para-hydroxylation sites is 2. The Hall–Kier alpha value is -4.27. The van der Waals surface area contributed by atoms with Crippen LogP contribution in [0.25, 0.3) is 16.6 Å². The van der Waals surface area contributed by atoms with Crippen LogP contribution in [0.2, 0.25) is 0 Å². The van der Waals surface area contributed by atoms with Gasteiger partial charge in [-0.2, -0.15) is 9.78 Å². The first-order valence-electron chi connectivity index (χ1n) is 10.6. The molecule has 2 aromatic carbocycles. The average Bonchev–Trinajstić information content (AvgIpc) is 3.13. The normalized spacial score (nSPS) is 11.3. The summed E-state index contributed by atoms with van der Waals surface area (Å²) in [7, 11) is 0. The monoisotopic (exact) mass is 445 g/mol. The van der Waals surface area contributed by atoms with E-state index in [0.717, 1.165) is 4.68 Å². The fourth-order valence-electron chi connectivity index (χ4n) is 3.52. The number of carbonyl (C=O) groups is 1.